The number of rotatable bonds is 4. The molecule has 25 heavy (non-hydrogen) atoms. The van der Waals surface area contributed by atoms with E-state index in [-0.39, 0.29) is 11.4 Å². The van der Waals surface area contributed by atoms with Gasteiger partial charge in [0.25, 0.3) is 5.91 Å². The number of nitro benzene ring substituents is 1. The van der Waals surface area contributed by atoms with Gasteiger partial charge in [0.2, 0.25) is 5.82 Å². The van der Waals surface area contributed by atoms with E-state index < -0.39 is 22.3 Å². The molecule has 0 spiro atoms. The van der Waals surface area contributed by atoms with Crippen LogP contribution in [-0.4, -0.2) is 47.3 Å². The Bertz CT molecular complexity index is 793. The summed E-state index contributed by atoms with van der Waals surface area (Å²) in [6.45, 7) is 2.60. The highest BCUT2D eigenvalue weighted by atomic mass is 19.1. The van der Waals surface area contributed by atoms with E-state index in [4.69, 9.17) is 4.74 Å². The van der Waals surface area contributed by atoms with Gasteiger partial charge in [-0.15, -0.1) is 10.2 Å². The fourth-order valence-electron chi connectivity index (χ4n) is 2.33. The Balaban J connectivity index is 1.71. The normalized spacial score (nSPS) is 14.2. The largest absolute Gasteiger partial charge is 0.378 e. The van der Waals surface area contributed by atoms with Gasteiger partial charge in [-0.3, -0.25) is 14.9 Å². The van der Waals surface area contributed by atoms with E-state index >= 15 is 0 Å². The quantitative estimate of drug-likeness (QED) is 0.661. The van der Waals surface area contributed by atoms with Crippen molar-refractivity contribution in [2.45, 2.75) is 0 Å². The first-order valence-electron chi connectivity index (χ1n) is 7.46. The fourth-order valence-corrected chi connectivity index (χ4v) is 2.33. The number of morpholine rings is 1. The zero-order chi connectivity index (χ0) is 17.8. The van der Waals surface area contributed by atoms with Crippen molar-refractivity contribution in [3.63, 3.8) is 0 Å². The predicted molar refractivity (Wildman–Crippen MR) is 86.1 cm³/mol. The van der Waals surface area contributed by atoms with E-state index in [0.717, 1.165) is 12.1 Å². The van der Waals surface area contributed by atoms with Gasteiger partial charge >= 0.3 is 5.69 Å². The maximum atomic E-state index is 13.3. The van der Waals surface area contributed by atoms with E-state index in [9.17, 15) is 19.3 Å². The molecule has 1 N–H and O–H groups in total. The van der Waals surface area contributed by atoms with Crippen molar-refractivity contribution < 1.29 is 18.8 Å². The summed E-state index contributed by atoms with van der Waals surface area (Å²) < 4.78 is 18.6. The van der Waals surface area contributed by atoms with Crippen LogP contribution in [0.25, 0.3) is 0 Å². The lowest BCUT2D eigenvalue weighted by molar-refractivity contribution is -0.387. The summed E-state index contributed by atoms with van der Waals surface area (Å²) in [7, 11) is 0. The zero-order valence-electron chi connectivity index (χ0n) is 13.0. The molecule has 1 amide bonds. The number of hydrogen-bond acceptors (Lipinski definition) is 7. The third-order valence-electron chi connectivity index (χ3n) is 3.62. The summed E-state index contributed by atoms with van der Waals surface area (Å²) in [4.78, 5) is 24.0. The van der Waals surface area contributed by atoms with Gasteiger partial charge in [-0.2, -0.15) is 4.39 Å². The van der Waals surface area contributed by atoms with Crippen LogP contribution in [0, 0.1) is 15.9 Å². The van der Waals surface area contributed by atoms with Crippen molar-refractivity contribution in [2.75, 3.05) is 36.5 Å². The molecule has 9 nitrogen and oxygen atoms in total. The van der Waals surface area contributed by atoms with Crippen LogP contribution in [0.5, 0.6) is 0 Å². The molecule has 0 atom stereocenters. The first kappa shape index (κ1) is 16.7. The number of carbonyl (C=O) groups is 1. The molecule has 10 heteroatoms. The van der Waals surface area contributed by atoms with Crippen LogP contribution < -0.4 is 10.2 Å². The number of amides is 1. The number of carbonyl (C=O) groups excluding carboxylic acids is 1. The minimum absolute atomic E-state index is 0.0454. The molecule has 1 aromatic heterocycles. The molecular formula is C15H14FN5O4. The van der Waals surface area contributed by atoms with E-state index in [1.807, 2.05) is 4.90 Å². The Hall–Kier alpha value is -3.14. The van der Waals surface area contributed by atoms with Crippen LogP contribution in [0.15, 0.2) is 30.3 Å². The molecule has 1 fully saturated rings. The molecule has 0 radical (unpaired) electrons. The summed E-state index contributed by atoms with van der Waals surface area (Å²) in [6, 6.07) is 6.27. The maximum Gasteiger partial charge on any atom is 0.306 e. The molecular weight excluding hydrogens is 333 g/mol. The van der Waals surface area contributed by atoms with Gasteiger partial charge in [0, 0.05) is 24.8 Å². The summed E-state index contributed by atoms with van der Waals surface area (Å²) >= 11 is 0. The highest BCUT2D eigenvalue weighted by Crippen LogP contribution is 2.22. The highest BCUT2D eigenvalue weighted by molar-refractivity contribution is 6.02. The van der Waals surface area contributed by atoms with E-state index in [1.165, 1.54) is 12.1 Å². The molecule has 2 heterocycles. The second-order valence-corrected chi connectivity index (χ2v) is 5.25. The Morgan fingerprint density at radius 1 is 1.24 bits per heavy atom. The van der Waals surface area contributed by atoms with E-state index in [2.05, 4.69) is 15.5 Å². The lowest BCUT2D eigenvalue weighted by Gasteiger charge is -2.27. The number of aromatic nitrogens is 2. The van der Waals surface area contributed by atoms with Gasteiger partial charge in [-0.1, -0.05) is 0 Å². The minimum Gasteiger partial charge on any atom is -0.378 e. The number of anilines is 2. The van der Waals surface area contributed by atoms with Gasteiger partial charge < -0.3 is 15.0 Å². The molecule has 1 aliphatic heterocycles. The standard InChI is InChI=1S/C15H14FN5O4/c16-11-2-1-10(9-13(11)21(23)24)17-15(22)12-3-4-14(19-18-12)20-5-7-25-8-6-20/h1-4,9H,5-8H2,(H,17,22). The summed E-state index contributed by atoms with van der Waals surface area (Å²) in [5.41, 5.74) is -0.576. The van der Waals surface area contributed by atoms with E-state index in [0.29, 0.717) is 32.1 Å². The molecule has 1 aromatic carbocycles. The maximum absolute atomic E-state index is 13.3. The smallest absolute Gasteiger partial charge is 0.306 e. The van der Waals surface area contributed by atoms with Crippen LogP contribution in [-0.2, 0) is 4.74 Å². The molecule has 130 valence electrons. The number of nitrogens with one attached hydrogen (secondary N) is 1. The zero-order valence-corrected chi connectivity index (χ0v) is 13.0. The molecule has 3 rings (SSSR count). The Labute approximate surface area is 141 Å². The van der Waals surface area contributed by atoms with Crippen molar-refractivity contribution in [2.24, 2.45) is 0 Å². The number of ether oxygens (including phenoxy) is 1. The van der Waals surface area contributed by atoms with Gasteiger partial charge in [-0.05, 0) is 24.3 Å². The number of halogens is 1. The molecule has 1 saturated heterocycles. The molecule has 1 aliphatic rings. The summed E-state index contributed by atoms with van der Waals surface area (Å²) in [6.07, 6.45) is 0. The molecule has 0 saturated carbocycles. The first-order chi connectivity index (χ1) is 12.0. The van der Waals surface area contributed by atoms with Gasteiger partial charge in [0.15, 0.2) is 11.5 Å². The summed E-state index contributed by atoms with van der Waals surface area (Å²) in [5.74, 6) is -0.933. The average molecular weight is 347 g/mol. The van der Waals surface area contributed by atoms with Crippen molar-refractivity contribution >= 4 is 23.1 Å². The topological polar surface area (TPSA) is 110 Å². The fraction of sp³-hybridized carbons (Fsp3) is 0.267. The minimum atomic E-state index is -0.974. The SMILES string of the molecule is O=C(Nc1ccc(F)c([N+](=O)[O-])c1)c1ccc(N2CCOCC2)nn1. The molecule has 0 aliphatic carbocycles. The third-order valence-corrected chi connectivity index (χ3v) is 3.62. The van der Waals surface area contributed by atoms with Crippen molar-refractivity contribution in [1.82, 2.24) is 10.2 Å². The number of nitro groups is 1. The highest BCUT2D eigenvalue weighted by Gasteiger charge is 2.17. The van der Waals surface area contributed by atoms with Crippen LogP contribution in [0.3, 0.4) is 0 Å². The average Bonchev–Trinajstić information content (AvgIpc) is 2.64. The number of nitrogens with zero attached hydrogens (tertiary/aromatic N) is 4. The lowest BCUT2D eigenvalue weighted by atomic mass is 10.2. The predicted octanol–water partition coefficient (Wildman–Crippen LogP) is 1.61. The molecule has 2 aromatic rings. The van der Waals surface area contributed by atoms with Gasteiger partial charge in [-0.25, -0.2) is 0 Å². The van der Waals surface area contributed by atoms with E-state index in [1.54, 1.807) is 6.07 Å². The van der Waals surface area contributed by atoms with Crippen molar-refractivity contribution in [1.29, 1.82) is 0 Å². The number of hydrogen-bond donors (Lipinski definition) is 1. The Morgan fingerprint density at radius 2 is 2.00 bits per heavy atom. The second-order valence-electron chi connectivity index (χ2n) is 5.25. The summed E-state index contributed by atoms with van der Waals surface area (Å²) in [5, 5.41) is 21.1. The van der Waals surface area contributed by atoms with Crippen LogP contribution in [0.1, 0.15) is 10.5 Å². The van der Waals surface area contributed by atoms with Crippen molar-refractivity contribution in [3.8, 4) is 0 Å². The first-order valence-corrected chi connectivity index (χ1v) is 7.46. The number of benzene rings is 1. The van der Waals surface area contributed by atoms with Crippen LogP contribution in [0.4, 0.5) is 21.6 Å². The second kappa shape index (κ2) is 7.18. The van der Waals surface area contributed by atoms with Gasteiger partial charge in [0.1, 0.15) is 0 Å². The monoisotopic (exact) mass is 347 g/mol. The van der Waals surface area contributed by atoms with Crippen molar-refractivity contribution in [3.05, 3.63) is 52.0 Å². The van der Waals surface area contributed by atoms with Crippen LogP contribution in [0.2, 0.25) is 0 Å². The Morgan fingerprint density at radius 3 is 2.64 bits per heavy atom. The molecule has 0 bridgehead atoms. The Kier molecular flexibility index (Phi) is 4.80. The lowest BCUT2D eigenvalue weighted by Crippen LogP contribution is -2.37. The van der Waals surface area contributed by atoms with Crippen LogP contribution >= 0.6 is 0 Å². The van der Waals surface area contributed by atoms with Gasteiger partial charge in [0.05, 0.1) is 18.1 Å². The third kappa shape index (κ3) is 3.86. The molecule has 0 unspecified atom stereocenters.